The van der Waals surface area contributed by atoms with E-state index in [9.17, 15) is 4.79 Å². The second kappa shape index (κ2) is 9.20. The fourth-order valence-corrected chi connectivity index (χ4v) is 3.27. The minimum atomic E-state index is -0.131. The van der Waals surface area contributed by atoms with E-state index in [0.29, 0.717) is 23.3 Å². The lowest BCUT2D eigenvalue weighted by molar-refractivity contribution is -0.124. The molecule has 0 aliphatic heterocycles. The van der Waals surface area contributed by atoms with E-state index in [1.807, 2.05) is 12.1 Å². The van der Waals surface area contributed by atoms with Gasteiger partial charge in [-0.05, 0) is 55.5 Å². The molecule has 0 radical (unpaired) electrons. The van der Waals surface area contributed by atoms with Crippen molar-refractivity contribution in [3.05, 3.63) is 48.7 Å². The van der Waals surface area contributed by atoms with Crippen LogP contribution in [0.15, 0.2) is 48.7 Å². The molecule has 1 aliphatic carbocycles. The molecule has 1 aromatic carbocycles. The Morgan fingerprint density at radius 1 is 1.15 bits per heavy atom. The standard InChI is InChI=1S/C20H24N2O4/c23-13-11-15-4-3-5-18(15)22-19(24)14-25-16-7-9-17(10-8-16)26-20-6-1-2-12-21-20/h1-2,6-10,12,15,18,23H,3-5,11,13-14H2,(H,22,24)/t15-,18+/m1/s1. The number of pyridine rings is 1. The minimum Gasteiger partial charge on any atom is -0.484 e. The normalized spacial score (nSPS) is 19.1. The Balaban J connectivity index is 1.45. The monoisotopic (exact) mass is 356 g/mol. The quantitative estimate of drug-likeness (QED) is 0.760. The highest BCUT2D eigenvalue weighted by Gasteiger charge is 2.27. The maximum Gasteiger partial charge on any atom is 0.258 e. The van der Waals surface area contributed by atoms with E-state index in [1.165, 1.54) is 0 Å². The molecule has 1 saturated carbocycles. The van der Waals surface area contributed by atoms with Gasteiger partial charge in [-0.15, -0.1) is 0 Å². The summed E-state index contributed by atoms with van der Waals surface area (Å²) in [4.78, 5) is 16.2. The molecule has 1 heterocycles. The van der Waals surface area contributed by atoms with E-state index in [2.05, 4.69) is 10.3 Å². The Morgan fingerprint density at radius 3 is 2.69 bits per heavy atom. The zero-order chi connectivity index (χ0) is 18.2. The van der Waals surface area contributed by atoms with Crippen LogP contribution in [0.25, 0.3) is 0 Å². The number of aliphatic hydroxyl groups is 1. The maximum absolute atomic E-state index is 12.1. The number of ether oxygens (including phenoxy) is 2. The number of hydrogen-bond acceptors (Lipinski definition) is 5. The Morgan fingerprint density at radius 2 is 1.96 bits per heavy atom. The summed E-state index contributed by atoms with van der Waals surface area (Å²) in [6, 6.07) is 12.7. The predicted molar refractivity (Wildman–Crippen MR) is 97.2 cm³/mol. The SMILES string of the molecule is O=C(COc1ccc(Oc2ccccn2)cc1)N[C@H]1CCC[C@@H]1CCO. The molecule has 26 heavy (non-hydrogen) atoms. The number of carbonyl (C=O) groups excluding carboxylic acids is 1. The minimum absolute atomic E-state index is 0.0250. The molecule has 138 valence electrons. The highest BCUT2D eigenvalue weighted by atomic mass is 16.5. The van der Waals surface area contributed by atoms with Crippen LogP contribution in [-0.4, -0.2) is 35.3 Å². The summed E-state index contributed by atoms with van der Waals surface area (Å²) < 4.78 is 11.2. The van der Waals surface area contributed by atoms with Gasteiger partial charge in [-0.3, -0.25) is 4.79 Å². The summed E-state index contributed by atoms with van der Waals surface area (Å²) in [5.41, 5.74) is 0. The molecule has 1 fully saturated rings. The molecule has 1 amide bonds. The molecule has 0 unspecified atom stereocenters. The number of hydrogen-bond donors (Lipinski definition) is 2. The predicted octanol–water partition coefficient (Wildman–Crippen LogP) is 2.92. The van der Waals surface area contributed by atoms with Crippen LogP contribution >= 0.6 is 0 Å². The molecule has 6 nitrogen and oxygen atoms in total. The van der Waals surface area contributed by atoms with Crippen LogP contribution in [0.3, 0.4) is 0 Å². The summed E-state index contributed by atoms with van der Waals surface area (Å²) in [5, 5.41) is 12.1. The second-order valence-corrected chi connectivity index (χ2v) is 6.41. The van der Waals surface area contributed by atoms with Crippen molar-refractivity contribution in [2.24, 2.45) is 5.92 Å². The van der Waals surface area contributed by atoms with Crippen molar-refractivity contribution in [1.82, 2.24) is 10.3 Å². The summed E-state index contributed by atoms with van der Waals surface area (Å²) in [5.74, 6) is 2.01. The molecule has 2 aromatic rings. The van der Waals surface area contributed by atoms with Gasteiger partial charge in [-0.1, -0.05) is 12.5 Å². The van der Waals surface area contributed by atoms with Crippen molar-refractivity contribution < 1.29 is 19.4 Å². The van der Waals surface area contributed by atoms with Crippen molar-refractivity contribution in [3.63, 3.8) is 0 Å². The lowest BCUT2D eigenvalue weighted by Gasteiger charge is -2.20. The number of nitrogens with one attached hydrogen (secondary N) is 1. The first-order valence-electron chi connectivity index (χ1n) is 8.96. The molecule has 1 aliphatic rings. The van der Waals surface area contributed by atoms with Crippen LogP contribution in [-0.2, 0) is 4.79 Å². The number of amides is 1. The molecular formula is C20H24N2O4. The Bertz CT molecular complexity index is 691. The molecule has 0 spiro atoms. The van der Waals surface area contributed by atoms with Crippen molar-refractivity contribution in [2.75, 3.05) is 13.2 Å². The van der Waals surface area contributed by atoms with Crippen LogP contribution in [0.4, 0.5) is 0 Å². The topological polar surface area (TPSA) is 80.7 Å². The smallest absolute Gasteiger partial charge is 0.258 e. The van der Waals surface area contributed by atoms with Gasteiger partial charge in [0.05, 0.1) is 0 Å². The maximum atomic E-state index is 12.1. The van der Waals surface area contributed by atoms with Gasteiger partial charge >= 0.3 is 0 Å². The molecule has 0 bridgehead atoms. The largest absolute Gasteiger partial charge is 0.484 e. The van der Waals surface area contributed by atoms with E-state index in [4.69, 9.17) is 14.6 Å². The van der Waals surface area contributed by atoms with Crippen LogP contribution in [0.1, 0.15) is 25.7 Å². The van der Waals surface area contributed by atoms with Gasteiger partial charge in [0.25, 0.3) is 5.91 Å². The van der Waals surface area contributed by atoms with Gasteiger partial charge in [0.2, 0.25) is 5.88 Å². The molecular weight excluding hydrogens is 332 g/mol. The molecule has 2 N–H and O–H groups in total. The lowest BCUT2D eigenvalue weighted by atomic mass is 10.00. The number of carbonyl (C=O) groups is 1. The summed E-state index contributed by atoms with van der Waals surface area (Å²) >= 11 is 0. The highest BCUT2D eigenvalue weighted by Crippen LogP contribution is 2.28. The van der Waals surface area contributed by atoms with Crippen molar-refractivity contribution in [2.45, 2.75) is 31.7 Å². The Labute approximate surface area is 153 Å². The summed E-state index contributed by atoms with van der Waals surface area (Å²) in [6.07, 6.45) is 5.53. The zero-order valence-corrected chi connectivity index (χ0v) is 14.6. The summed E-state index contributed by atoms with van der Waals surface area (Å²) in [6.45, 7) is 0.142. The van der Waals surface area contributed by atoms with Gasteiger partial charge < -0.3 is 19.9 Å². The number of rotatable bonds is 8. The molecule has 6 heteroatoms. The van der Waals surface area contributed by atoms with Crippen LogP contribution in [0, 0.1) is 5.92 Å². The van der Waals surface area contributed by atoms with Crippen molar-refractivity contribution >= 4 is 5.91 Å². The zero-order valence-electron chi connectivity index (χ0n) is 14.6. The van der Waals surface area contributed by atoms with Gasteiger partial charge in [0, 0.05) is 24.9 Å². The van der Waals surface area contributed by atoms with Gasteiger partial charge in [-0.25, -0.2) is 4.98 Å². The number of aromatic nitrogens is 1. The highest BCUT2D eigenvalue weighted by molar-refractivity contribution is 5.77. The van der Waals surface area contributed by atoms with E-state index in [0.717, 1.165) is 25.7 Å². The molecule has 2 atom stereocenters. The lowest BCUT2D eigenvalue weighted by Crippen LogP contribution is -2.40. The van der Waals surface area contributed by atoms with E-state index in [1.54, 1.807) is 36.5 Å². The first-order valence-corrected chi connectivity index (χ1v) is 8.96. The first-order chi connectivity index (χ1) is 12.7. The van der Waals surface area contributed by atoms with E-state index < -0.39 is 0 Å². The number of nitrogens with zero attached hydrogens (tertiary/aromatic N) is 1. The van der Waals surface area contributed by atoms with Gasteiger partial charge in [0.1, 0.15) is 11.5 Å². The molecule has 1 aromatic heterocycles. The van der Waals surface area contributed by atoms with Crippen molar-refractivity contribution in [3.8, 4) is 17.4 Å². The number of benzene rings is 1. The Hall–Kier alpha value is -2.60. The second-order valence-electron chi connectivity index (χ2n) is 6.41. The molecule has 0 saturated heterocycles. The summed E-state index contributed by atoms with van der Waals surface area (Å²) in [7, 11) is 0. The van der Waals surface area contributed by atoms with Crippen LogP contribution in [0.2, 0.25) is 0 Å². The third-order valence-electron chi connectivity index (χ3n) is 4.56. The van der Waals surface area contributed by atoms with Crippen LogP contribution in [0.5, 0.6) is 17.4 Å². The third-order valence-corrected chi connectivity index (χ3v) is 4.56. The van der Waals surface area contributed by atoms with E-state index >= 15 is 0 Å². The average molecular weight is 356 g/mol. The fraction of sp³-hybridized carbons (Fsp3) is 0.400. The first kappa shape index (κ1) is 18.2. The average Bonchev–Trinajstić information content (AvgIpc) is 3.09. The van der Waals surface area contributed by atoms with Crippen LogP contribution < -0.4 is 14.8 Å². The van der Waals surface area contributed by atoms with E-state index in [-0.39, 0.29) is 25.2 Å². The number of aliphatic hydroxyl groups excluding tert-OH is 1. The fourth-order valence-electron chi connectivity index (χ4n) is 3.27. The third kappa shape index (κ3) is 5.20. The Kier molecular flexibility index (Phi) is 6.44. The van der Waals surface area contributed by atoms with Crippen molar-refractivity contribution in [1.29, 1.82) is 0 Å². The van der Waals surface area contributed by atoms with Gasteiger partial charge in [-0.2, -0.15) is 0 Å². The van der Waals surface area contributed by atoms with Gasteiger partial charge in [0.15, 0.2) is 6.61 Å². The molecule has 3 rings (SSSR count).